The molecule has 0 nitrogen and oxygen atoms in total. The number of alkyl halides is 12. The summed E-state index contributed by atoms with van der Waals surface area (Å²) in [5.41, 5.74) is -9.68. The summed E-state index contributed by atoms with van der Waals surface area (Å²) in [5.74, 6) is 0. The third-order valence-corrected chi connectivity index (χ3v) is 5.10. The first-order valence-corrected chi connectivity index (χ1v) is 9.52. The Bertz CT molecular complexity index is 1110. The van der Waals surface area contributed by atoms with Crippen LogP contribution in [0.4, 0.5) is 52.7 Å². The summed E-state index contributed by atoms with van der Waals surface area (Å²) in [6, 6.07) is 6.17. The van der Waals surface area contributed by atoms with Gasteiger partial charge in [0, 0.05) is 0 Å². The van der Waals surface area contributed by atoms with Crippen LogP contribution in [0, 0.1) is 0 Å². The Morgan fingerprint density at radius 3 is 1.09 bits per heavy atom. The first-order valence-electron chi connectivity index (χ1n) is 9.52. The Labute approximate surface area is 190 Å². The Hall–Kier alpha value is -3.12. The standard InChI is InChI=1S/C22H11BF12/c24-19(25,26)12-9-13(20(27,28)29)11-14(10-12)23(17-7-3-1-5-15(17)21(30,31)32)18-8-4-2-6-16(18)22(33,34)35/h1-11H. The number of benzene rings is 3. The van der Waals surface area contributed by atoms with Crippen LogP contribution >= 0.6 is 0 Å². The number of halogens is 12. The summed E-state index contributed by atoms with van der Waals surface area (Å²) < 4.78 is 163. The zero-order chi connectivity index (χ0) is 26.4. The lowest BCUT2D eigenvalue weighted by Gasteiger charge is -2.24. The van der Waals surface area contributed by atoms with E-state index in [1.807, 2.05) is 0 Å². The highest BCUT2D eigenvalue weighted by atomic mass is 19.4. The molecule has 13 heteroatoms. The minimum absolute atomic E-state index is 0.125. The van der Waals surface area contributed by atoms with Crippen molar-refractivity contribution in [3.8, 4) is 0 Å². The van der Waals surface area contributed by atoms with E-state index in [0.717, 1.165) is 24.3 Å². The second-order valence-electron chi connectivity index (χ2n) is 7.44. The van der Waals surface area contributed by atoms with Gasteiger partial charge in [0.2, 0.25) is 6.71 Å². The van der Waals surface area contributed by atoms with Gasteiger partial charge in [-0.15, -0.1) is 0 Å². The van der Waals surface area contributed by atoms with Crippen LogP contribution in [0.15, 0.2) is 66.7 Å². The Morgan fingerprint density at radius 1 is 0.429 bits per heavy atom. The third-order valence-electron chi connectivity index (χ3n) is 5.10. The lowest BCUT2D eigenvalue weighted by molar-refractivity contribution is -0.143. The maximum atomic E-state index is 13.7. The molecule has 0 radical (unpaired) electrons. The molecule has 0 bridgehead atoms. The zero-order valence-corrected chi connectivity index (χ0v) is 17.0. The van der Waals surface area contributed by atoms with Gasteiger partial charge in [0.1, 0.15) is 0 Å². The normalized spacial score (nSPS) is 13.1. The fourth-order valence-corrected chi connectivity index (χ4v) is 3.69. The van der Waals surface area contributed by atoms with Crippen molar-refractivity contribution >= 4 is 23.1 Å². The van der Waals surface area contributed by atoms with Crippen molar-refractivity contribution in [2.75, 3.05) is 0 Å². The van der Waals surface area contributed by atoms with Gasteiger partial charge < -0.3 is 0 Å². The van der Waals surface area contributed by atoms with E-state index in [2.05, 4.69) is 0 Å². The highest BCUT2D eigenvalue weighted by molar-refractivity contribution is 6.96. The van der Waals surface area contributed by atoms with Crippen LogP contribution in [0.3, 0.4) is 0 Å². The predicted octanol–water partition coefficient (Wildman–Crippen LogP) is 6.28. The van der Waals surface area contributed by atoms with Gasteiger partial charge in [-0.3, -0.25) is 0 Å². The first-order chi connectivity index (χ1) is 15.9. The van der Waals surface area contributed by atoms with Crippen molar-refractivity contribution in [2.45, 2.75) is 24.7 Å². The summed E-state index contributed by atoms with van der Waals surface area (Å²) >= 11 is 0. The van der Waals surface area contributed by atoms with Crippen LogP contribution in [0.5, 0.6) is 0 Å². The molecule has 3 aromatic carbocycles. The van der Waals surface area contributed by atoms with Gasteiger partial charge in [-0.05, 0) is 6.07 Å². The molecule has 0 aliphatic heterocycles. The van der Waals surface area contributed by atoms with Crippen molar-refractivity contribution in [3.63, 3.8) is 0 Å². The second-order valence-corrected chi connectivity index (χ2v) is 7.44. The average molecular weight is 514 g/mol. The number of hydrogen-bond acceptors (Lipinski definition) is 0. The molecule has 0 aromatic heterocycles. The molecule has 186 valence electrons. The van der Waals surface area contributed by atoms with E-state index in [-0.39, 0.29) is 18.2 Å². The van der Waals surface area contributed by atoms with E-state index in [4.69, 9.17) is 0 Å². The van der Waals surface area contributed by atoms with E-state index in [0.29, 0.717) is 24.3 Å². The molecule has 0 spiro atoms. The van der Waals surface area contributed by atoms with Gasteiger partial charge >= 0.3 is 24.7 Å². The van der Waals surface area contributed by atoms with Crippen LogP contribution in [0.1, 0.15) is 22.3 Å². The van der Waals surface area contributed by atoms with Crippen molar-refractivity contribution < 1.29 is 52.7 Å². The SMILES string of the molecule is FC(F)(F)c1cc(B(c2ccccc2C(F)(F)F)c2ccccc2C(F)(F)F)cc(C(F)(F)F)c1. The van der Waals surface area contributed by atoms with Gasteiger partial charge in [0.25, 0.3) is 0 Å². The van der Waals surface area contributed by atoms with Gasteiger partial charge in [-0.2, -0.15) is 52.7 Å². The largest absolute Gasteiger partial charge is 0.416 e. The Morgan fingerprint density at radius 2 is 0.771 bits per heavy atom. The van der Waals surface area contributed by atoms with Gasteiger partial charge in [-0.25, -0.2) is 0 Å². The van der Waals surface area contributed by atoms with Crippen molar-refractivity contribution in [3.05, 3.63) is 89.0 Å². The minimum Gasteiger partial charge on any atom is -0.166 e. The predicted molar refractivity (Wildman–Crippen MR) is 104 cm³/mol. The van der Waals surface area contributed by atoms with E-state index >= 15 is 0 Å². The fourth-order valence-electron chi connectivity index (χ4n) is 3.69. The van der Waals surface area contributed by atoms with E-state index in [1.54, 1.807) is 0 Å². The maximum absolute atomic E-state index is 13.7. The summed E-state index contributed by atoms with van der Waals surface area (Å²) in [7, 11) is 0. The smallest absolute Gasteiger partial charge is 0.166 e. The topological polar surface area (TPSA) is 0 Å². The molecule has 0 aliphatic rings. The number of rotatable bonds is 3. The summed E-state index contributed by atoms with van der Waals surface area (Å²) in [5, 5.41) is 0. The van der Waals surface area contributed by atoms with Crippen LogP contribution in [0.25, 0.3) is 0 Å². The molecule has 0 aliphatic carbocycles. The van der Waals surface area contributed by atoms with E-state index < -0.39 is 70.1 Å². The number of hydrogen-bond donors (Lipinski definition) is 0. The molecular formula is C22H11BF12. The Kier molecular flexibility index (Phi) is 6.68. The molecule has 0 fully saturated rings. The zero-order valence-electron chi connectivity index (χ0n) is 17.0. The molecule has 0 atom stereocenters. The minimum atomic E-state index is -5.37. The molecule has 0 saturated heterocycles. The highest BCUT2D eigenvalue weighted by Crippen LogP contribution is 2.36. The highest BCUT2D eigenvalue weighted by Gasteiger charge is 2.43. The molecule has 0 N–H and O–H groups in total. The maximum Gasteiger partial charge on any atom is 0.416 e. The van der Waals surface area contributed by atoms with Crippen LogP contribution in [-0.2, 0) is 24.7 Å². The first kappa shape index (κ1) is 26.5. The molecule has 3 rings (SSSR count). The lowest BCUT2D eigenvalue weighted by Crippen LogP contribution is -2.56. The molecule has 3 aromatic rings. The Balaban J connectivity index is 2.48. The van der Waals surface area contributed by atoms with Crippen molar-refractivity contribution in [2.24, 2.45) is 0 Å². The summed E-state index contributed by atoms with van der Waals surface area (Å²) in [6.45, 7) is -2.27. The molecule has 0 saturated carbocycles. The van der Waals surface area contributed by atoms with Crippen molar-refractivity contribution in [1.82, 2.24) is 0 Å². The summed E-state index contributed by atoms with van der Waals surface area (Å²) in [6.07, 6.45) is -21.1. The molecule has 0 heterocycles. The third kappa shape index (κ3) is 5.76. The molecule has 0 amide bonds. The average Bonchev–Trinajstić information content (AvgIpc) is 2.72. The molecular weight excluding hydrogens is 503 g/mol. The van der Waals surface area contributed by atoms with Crippen LogP contribution in [-0.4, -0.2) is 6.71 Å². The molecule has 35 heavy (non-hydrogen) atoms. The quantitative estimate of drug-likeness (QED) is 0.286. The second kappa shape index (κ2) is 8.83. The van der Waals surface area contributed by atoms with Crippen LogP contribution in [0.2, 0.25) is 0 Å². The van der Waals surface area contributed by atoms with Crippen LogP contribution < -0.4 is 16.4 Å². The van der Waals surface area contributed by atoms with Crippen molar-refractivity contribution in [1.29, 1.82) is 0 Å². The summed E-state index contributed by atoms with van der Waals surface area (Å²) in [4.78, 5) is 0. The fraction of sp³-hybridized carbons (Fsp3) is 0.182. The van der Waals surface area contributed by atoms with Gasteiger partial charge in [0.05, 0.1) is 22.3 Å². The van der Waals surface area contributed by atoms with E-state index in [1.165, 1.54) is 0 Å². The monoisotopic (exact) mass is 514 g/mol. The van der Waals surface area contributed by atoms with Gasteiger partial charge in [-0.1, -0.05) is 77.1 Å². The molecule has 0 unspecified atom stereocenters. The van der Waals surface area contributed by atoms with E-state index in [9.17, 15) is 52.7 Å². The van der Waals surface area contributed by atoms with Gasteiger partial charge in [0.15, 0.2) is 0 Å². The lowest BCUT2D eigenvalue weighted by atomic mass is 9.35.